The molecule has 1 aliphatic heterocycles. The summed E-state index contributed by atoms with van der Waals surface area (Å²) >= 11 is 1.81. The lowest BCUT2D eigenvalue weighted by Crippen LogP contribution is -2.25. The molecule has 0 bridgehead atoms. The van der Waals surface area contributed by atoms with Crippen LogP contribution in [0.2, 0.25) is 0 Å². The molecule has 1 atom stereocenters. The number of hydrogen-bond acceptors (Lipinski definition) is 3. The van der Waals surface area contributed by atoms with E-state index < -0.39 is 0 Å². The molecule has 0 saturated heterocycles. The van der Waals surface area contributed by atoms with Gasteiger partial charge in [-0.15, -0.1) is 11.3 Å². The predicted molar refractivity (Wildman–Crippen MR) is 84.0 cm³/mol. The molecule has 2 aromatic heterocycles. The highest BCUT2D eigenvalue weighted by molar-refractivity contribution is 7.16. The lowest BCUT2D eigenvalue weighted by atomic mass is 9.99. The van der Waals surface area contributed by atoms with E-state index in [-0.39, 0.29) is 0 Å². The van der Waals surface area contributed by atoms with Crippen molar-refractivity contribution in [1.29, 1.82) is 0 Å². The third-order valence-electron chi connectivity index (χ3n) is 4.01. The minimum Gasteiger partial charge on any atom is -0.497 e. The topological polar surface area (TPSA) is 26.2 Å². The molecule has 0 saturated carbocycles. The molecule has 0 spiro atoms. The van der Waals surface area contributed by atoms with Gasteiger partial charge in [-0.25, -0.2) is 0 Å². The second kappa shape index (κ2) is 4.56. The molecule has 1 N–H and O–H groups in total. The normalized spacial score (nSPS) is 17.8. The van der Waals surface area contributed by atoms with Crippen LogP contribution >= 0.6 is 11.3 Å². The Hall–Kier alpha value is -1.94. The molecule has 3 aromatic rings. The minimum atomic E-state index is 0.464. The second-order valence-electron chi connectivity index (χ2n) is 5.17. The van der Waals surface area contributed by atoms with E-state index in [1.54, 1.807) is 7.11 Å². The first kappa shape index (κ1) is 11.9. The summed E-state index contributed by atoms with van der Waals surface area (Å²) in [5.41, 5.74) is 2.57. The average Bonchev–Trinajstić information content (AvgIpc) is 3.09. The van der Waals surface area contributed by atoms with Gasteiger partial charge in [0.2, 0.25) is 0 Å². The van der Waals surface area contributed by atoms with E-state index in [2.05, 4.69) is 45.7 Å². The van der Waals surface area contributed by atoms with Crippen molar-refractivity contribution in [3.8, 4) is 5.75 Å². The van der Waals surface area contributed by atoms with Crippen LogP contribution in [0.5, 0.6) is 5.75 Å². The van der Waals surface area contributed by atoms with E-state index in [0.717, 1.165) is 18.7 Å². The Morgan fingerprint density at radius 2 is 2.25 bits per heavy atom. The van der Waals surface area contributed by atoms with E-state index in [0.29, 0.717) is 6.04 Å². The molecule has 1 aromatic carbocycles. The van der Waals surface area contributed by atoms with Crippen molar-refractivity contribution in [2.24, 2.45) is 0 Å². The number of nitrogens with zero attached hydrogens (tertiary/aromatic N) is 1. The van der Waals surface area contributed by atoms with Gasteiger partial charge in [0.25, 0.3) is 0 Å². The van der Waals surface area contributed by atoms with Crippen LogP contribution in [0.15, 0.2) is 41.9 Å². The number of aromatic nitrogens is 1. The van der Waals surface area contributed by atoms with Gasteiger partial charge in [0, 0.05) is 23.8 Å². The first-order valence-electron chi connectivity index (χ1n) is 6.80. The van der Waals surface area contributed by atoms with Crippen molar-refractivity contribution in [2.75, 3.05) is 19.0 Å². The van der Waals surface area contributed by atoms with E-state index >= 15 is 0 Å². The summed E-state index contributed by atoms with van der Waals surface area (Å²) < 4.78 is 7.73. The molecule has 4 heteroatoms. The quantitative estimate of drug-likeness (QED) is 0.772. The zero-order chi connectivity index (χ0) is 13.5. The van der Waals surface area contributed by atoms with Crippen LogP contribution in [0.3, 0.4) is 0 Å². The van der Waals surface area contributed by atoms with Crippen LogP contribution < -0.4 is 10.1 Å². The highest BCUT2D eigenvalue weighted by Crippen LogP contribution is 2.33. The number of hydrogen-bond donors (Lipinski definition) is 1. The number of fused-ring (bicyclic) bond motifs is 2. The lowest BCUT2D eigenvalue weighted by Gasteiger charge is -2.28. The Bertz CT molecular complexity index is 759. The maximum Gasteiger partial charge on any atom is 0.119 e. The highest BCUT2D eigenvalue weighted by Gasteiger charge is 2.21. The van der Waals surface area contributed by atoms with Crippen molar-refractivity contribution in [3.63, 3.8) is 0 Å². The summed E-state index contributed by atoms with van der Waals surface area (Å²) in [7, 11) is 1.72. The van der Waals surface area contributed by atoms with Crippen molar-refractivity contribution >= 4 is 27.2 Å². The largest absolute Gasteiger partial charge is 0.497 e. The molecular weight excluding hydrogens is 268 g/mol. The van der Waals surface area contributed by atoms with Crippen LogP contribution in [0, 0.1) is 0 Å². The van der Waals surface area contributed by atoms with E-state index in [1.165, 1.54) is 21.5 Å². The molecule has 0 fully saturated rings. The van der Waals surface area contributed by atoms with Gasteiger partial charge in [0.1, 0.15) is 10.6 Å². The van der Waals surface area contributed by atoms with Crippen LogP contribution in [-0.2, 0) is 6.42 Å². The lowest BCUT2D eigenvalue weighted by molar-refractivity contribution is 0.413. The Morgan fingerprint density at radius 1 is 1.30 bits per heavy atom. The Kier molecular flexibility index (Phi) is 2.70. The standard InChI is InChI=1S/C16H16N2OS/c1-19-14-2-3-15-12(9-14)8-13(10-17-15)18-6-4-11-5-7-20-16(11)18/h2-7,9,13,17H,8,10H2,1H3. The monoisotopic (exact) mass is 284 g/mol. The maximum absolute atomic E-state index is 5.33. The number of thiophene rings is 1. The van der Waals surface area contributed by atoms with Gasteiger partial charge < -0.3 is 14.6 Å². The summed E-state index contributed by atoms with van der Waals surface area (Å²) in [6.07, 6.45) is 3.25. The molecule has 1 unspecified atom stereocenters. The van der Waals surface area contributed by atoms with Crippen molar-refractivity contribution in [3.05, 3.63) is 47.5 Å². The number of rotatable bonds is 2. The third kappa shape index (κ3) is 1.79. The number of anilines is 1. The smallest absolute Gasteiger partial charge is 0.119 e. The van der Waals surface area contributed by atoms with E-state index in [9.17, 15) is 0 Å². The molecule has 1 aliphatic rings. The Balaban J connectivity index is 1.70. The fourth-order valence-electron chi connectivity index (χ4n) is 2.95. The Labute approximate surface area is 121 Å². The zero-order valence-electron chi connectivity index (χ0n) is 11.3. The van der Waals surface area contributed by atoms with Crippen LogP contribution in [-0.4, -0.2) is 18.2 Å². The number of ether oxygens (including phenoxy) is 1. The molecule has 0 aliphatic carbocycles. The number of benzene rings is 1. The first-order chi connectivity index (χ1) is 9.85. The van der Waals surface area contributed by atoms with Gasteiger partial charge in [-0.1, -0.05) is 0 Å². The van der Waals surface area contributed by atoms with Gasteiger partial charge in [0.15, 0.2) is 0 Å². The minimum absolute atomic E-state index is 0.464. The fourth-order valence-corrected chi connectivity index (χ4v) is 3.90. The van der Waals surface area contributed by atoms with E-state index in [4.69, 9.17) is 4.74 Å². The van der Waals surface area contributed by atoms with Crippen LogP contribution in [0.25, 0.3) is 10.2 Å². The molecular formula is C16H16N2OS. The number of methoxy groups -OCH3 is 1. The van der Waals surface area contributed by atoms with Gasteiger partial charge in [-0.05, 0) is 47.7 Å². The van der Waals surface area contributed by atoms with Gasteiger partial charge in [0.05, 0.1) is 13.2 Å². The third-order valence-corrected chi connectivity index (χ3v) is 4.95. The van der Waals surface area contributed by atoms with Gasteiger partial charge in [-0.2, -0.15) is 0 Å². The second-order valence-corrected chi connectivity index (χ2v) is 6.06. The molecule has 0 amide bonds. The molecule has 4 rings (SSSR count). The SMILES string of the molecule is COc1ccc2c(c1)CC(n1ccc3ccsc31)CN2. The molecule has 20 heavy (non-hydrogen) atoms. The molecule has 0 radical (unpaired) electrons. The first-order valence-corrected chi connectivity index (χ1v) is 7.68. The highest BCUT2D eigenvalue weighted by atomic mass is 32.1. The van der Waals surface area contributed by atoms with Gasteiger partial charge in [-0.3, -0.25) is 0 Å². The Morgan fingerprint density at radius 3 is 3.15 bits per heavy atom. The zero-order valence-corrected chi connectivity index (χ0v) is 12.1. The summed E-state index contributed by atoms with van der Waals surface area (Å²) in [5, 5.41) is 7.04. The molecule has 3 nitrogen and oxygen atoms in total. The summed E-state index contributed by atoms with van der Waals surface area (Å²) in [4.78, 5) is 1.36. The molecule has 102 valence electrons. The summed E-state index contributed by atoms with van der Waals surface area (Å²) in [6.45, 7) is 0.973. The average molecular weight is 284 g/mol. The van der Waals surface area contributed by atoms with Gasteiger partial charge >= 0.3 is 0 Å². The van der Waals surface area contributed by atoms with Crippen LogP contribution in [0.4, 0.5) is 5.69 Å². The fraction of sp³-hybridized carbons (Fsp3) is 0.250. The van der Waals surface area contributed by atoms with Crippen molar-refractivity contribution < 1.29 is 4.74 Å². The molecule has 3 heterocycles. The van der Waals surface area contributed by atoms with Crippen molar-refractivity contribution in [1.82, 2.24) is 4.57 Å². The van der Waals surface area contributed by atoms with Crippen molar-refractivity contribution in [2.45, 2.75) is 12.5 Å². The number of nitrogens with one attached hydrogen (secondary N) is 1. The predicted octanol–water partition coefficient (Wildman–Crippen LogP) is 3.92. The van der Waals surface area contributed by atoms with Crippen LogP contribution in [0.1, 0.15) is 11.6 Å². The summed E-state index contributed by atoms with van der Waals surface area (Å²) in [6, 6.07) is 11.1. The maximum atomic E-state index is 5.33. The van der Waals surface area contributed by atoms with E-state index in [1.807, 2.05) is 17.4 Å². The summed E-state index contributed by atoms with van der Waals surface area (Å²) in [5.74, 6) is 0.931.